The first-order valence-corrected chi connectivity index (χ1v) is 4.88. The number of alkyl halides is 2. The zero-order chi connectivity index (χ0) is 14.6. The van der Waals surface area contributed by atoms with Gasteiger partial charge in [0.25, 0.3) is 15.3 Å². The molecule has 106 valence electrons. The van der Waals surface area contributed by atoms with Crippen molar-refractivity contribution in [3.05, 3.63) is 30.3 Å². The van der Waals surface area contributed by atoms with Crippen LogP contribution in [0.2, 0.25) is 0 Å². The first-order chi connectivity index (χ1) is 8.33. The van der Waals surface area contributed by atoms with E-state index >= 15 is 0 Å². The van der Waals surface area contributed by atoms with Gasteiger partial charge in [-0.05, 0) is 0 Å². The van der Waals surface area contributed by atoms with Crippen LogP contribution < -0.4 is 0 Å². The molecule has 0 heterocycles. The number of hydrogen-bond donors (Lipinski definition) is 0. The molecule has 0 fully saturated rings. The lowest BCUT2D eigenvalue weighted by Gasteiger charge is -2.11. The lowest BCUT2D eigenvalue weighted by atomic mass is 10.4. The molecule has 14 heteroatoms. The fraction of sp³-hybridized carbons (Fsp3) is 1.00. The molecule has 0 atom stereocenters. The van der Waals surface area contributed by atoms with Crippen molar-refractivity contribution in [2.24, 2.45) is 0 Å². The molecule has 0 aromatic rings. The topological polar surface area (TPSA) is 157 Å². The first kappa shape index (κ1) is 18.5. The van der Waals surface area contributed by atoms with E-state index < -0.39 is 34.6 Å². The van der Waals surface area contributed by atoms with Gasteiger partial charge >= 0.3 is 0 Å². The highest BCUT2D eigenvalue weighted by Gasteiger charge is 2.17. The van der Waals surface area contributed by atoms with Gasteiger partial charge in [0.15, 0.2) is 6.10 Å². The van der Waals surface area contributed by atoms with E-state index in [0.29, 0.717) is 0 Å². The van der Waals surface area contributed by atoms with Gasteiger partial charge in [0, 0.05) is 0 Å². The second-order valence-corrected chi connectivity index (χ2v) is 2.90. The van der Waals surface area contributed by atoms with Gasteiger partial charge in [-0.2, -0.15) is 0 Å². The third-order valence-corrected chi connectivity index (χ3v) is 0.967. The number of hydrogen-bond acceptors (Lipinski definition) is 9. The highest BCUT2D eigenvalue weighted by atomic mass is 35.5. The smallest absolute Gasteiger partial charge is 0.294 e. The quantitative estimate of drug-likeness (QED) is 0.351. The zero-order valence-electron chi connectivity index (χ0n) is 8.47. The molecule has 0 bridgehead atoms. The number of rotatable bonds is 8. The summed E-state index contributed by atoms with van der Waals surface area (Å²) in [7, 11) is 0. The standard InChI is InChI=1S/C3H5N3O9.CH2Cl2/c7-4(8)13-1-3(15-6(11)12)2-14-5(9)10;2-1-3/h3H,1-2H2;1H2. The Morgan fingerprint density at radius 2 is 1.22 bits per heavy atom. The molecule has 0 rings (SSSR count). The van der Waals surface area contributed by atoms with Crippen molar-refractivity contribution >= 4 is 23.2 Å². The van der Waals surface area contributed by atoms with Crippen LogP contribution >= 0.6 is 23.2 Å². The lowest BCUT2D eigenvalue weighted by molar-refractivity contribution is -0.803. The average Bonchev–Trinajstić information content (AvgIpc) is 2.22. The highest BCUT2D eigenvalue weighted by Crippen LogP contribution is 1.96. The molecular formula is C4H7Cl2N3O9. The predicted octanol–water partition coefficient (Wildman–Crippen LogP) is 0.401. The minimum Gasteiger partial charge on any atom is -0.311 e. The molecule has 0 aliphatic heterocycles. The molecule has 0 saturated carbocycles. The Kier molecular flexibility index (Phi) is 12.0. The van der Waals surface area contributed by atoms with E-state index in [0.717, 1.165) is 0 Å². The summed E-state index contributed by atoms with van der Waals surface area (Å²) in [5.74, 6) is 0. The molecule has 12 nitrogen and oxygen atoms in total. The molecule has 0 radical (unpaired) electrons. The molecular weight excluding hydrogens is 305 g/mol. The Morgan fingerprint density at radius 1 is 0.889 bits per heavy atom. The Bertz CT molecular complexity index is 259. The maximum Gasteiger partial charge on any atom is 0.294 e. The molecule has 0 aliphatic carbocycles. The Balaban J connectivity index is 0. The fourth-order valence-electron chi connectivity index (χ4n) is 0.519. The molecule has 0 N–H and O–H groups in total. The van der Waals surface area contributed by atoms with Crippen molar-refractivity contribution in [2.75, 3.05) is 18.6 Å². The van der Waals surface area contributed by atoms with Crippen LogP contribution in [0.3, 0.4) is 0 Å². The van der Waals surface area contributed by atoms with E-state index in [-0.39, 0.29) is 5.34 Å². The van der Waals surface area contributed by atoms with Crippen LogP contribution in [-0.4, -0.2) is 39.9 Å². The molecule has 0 unspecified atom stereocenters. The monoisotopic (exact) mass is 311 g/mol. The van der Waals surface area contributed by atoms with Gasteiger partial charge in [-0.1, -0.05) is 0 Å². The highest BCUT2D eigenvalue weighted by molar-refractivity contribution is 6.40. The third-order valence-electron chi connectivity index (χ3n) is 0.967. The summed E-state index contributed by atoms with van der Waals surface area (Å²) < 4.78 is 0. The predicted molar refractivity (Wildman–Crippen MR) is 54.3 cm³/mol. The first-order valence-electron chi connectivity index (χ1n) is 3.81. The van der Waals surface area contributed by atoms with E-state index in [1.807, 2.05) is 0 Å². The van der Waals surface area contributed by atoms with Gasteiger partial charge in [0.2, 0.25) is 0 Å². The molecule has 0 aromatic heterocycles. The van der Waals surface area contributed by atoms with E-state index in [9.17, 15) is 30.3 Å². The van der Waals surface area contributed by atoms with Gasteiger partial charge in [-0.3, -0.25) is 0 Å². The van der Waals surface area contributed by atoms with Crippen molar-refractivity contribution in [3.8, 4) is 0 Å². The summed E-state index contributed by atoms with van der Waals surface area (Å²) in [6.45, 7) is -1.69. The molecule has 18 heavy (non-hydrogen) atoms. The maximum absolute atomic E-state index is 9.83. The normalized spacial score (nSPS) is 8.83. The Hall–Kier alpha value is -1.82. The Morgan fingerprint density at radius 3 is 1.44 bits per heavy atom. The minimum absolute atomic E-state index is 0.194. The zero-order valence-corrected chi connectivity index (χ0v) is 9.98. The van der Waals surface area contributed by atoms with E-state index in [1.165, 1.54) is 0 Å². The number of nitrogens with zero attached hydrogens (tertiary/aromatic N) is 3. The molecule has 0 spiro atoms. The van der Waals surface area contributed by atoms with Gasteiger partial charge in [-0.25, -0.2) is 0 Å². The van der Waals surface area contributed by atoms with Crippen molar-refractivity contribution in [2.45, 2.75) is 6.10 Å². The van der Waals surface area contributed by atoms with Crippen LogP contribution in [0.4, 0.5) is 0 Å². The van der Waals surface area contributed by atoms with Crippen LogP contribution in [0.1, 0.15) is 0 Å². The molecule has 0 aliphatic rings. The van der Waals surface area contributed by atoms with E-state index in [1.54, 1.807) is 0 Å². The summed E-state index contributed by atoms with van der Waals surface area (Å²) in [4.78, 5) is 40.5. The summed E-state index contributed by atoms with van der Waals surface area (Å²) >= 11 is 9.53. The largest absolute Gasteiger partial charge is 0.311 e. The van der Waals surface area contributed by atoms with Crippen LogP contribution in [0.25, 0.3) is 0 Å². The van der Waals surface area contributed by atoms with Crippen LogP contribution in [0.15, 0.2) is 0 Å². The van der Waals surface area contributed by atoms with Crippen LogP contribution in [0, 0.1) is 30.3 Å². The van der Waals surface area contributed by atoms with Crippen molar-refractivity contribution in [1.29, 1.82) is 0 Å². The summed E-state index contributed by atoms with van der Waals surface area (Å²) in [5.41, 5.74) is 0. The van der Waals surface area contributed by atoms with Gasteiger partial charge < -0.3 is 14.5 Å². The summed E-state index contributed by atoms with van der Waals surface area (Å²) in [5, 5.41) is 25.7. The number of halogens is 2. The second-order valence-electron chi connectivity index (χ2n) is 2.09. The molecule has 0 aromatic carbocycles. The van der Waals surface area contributed by atoms with Gasteiger partial charge in [0.1, 0.15) is 13.2 Å². The third kappa shape index (κ3) is 16.6. The van der Waals surface area contributed by atoms with Gasteiger partial charge in [-0.15, -0.1) is 53.5 Å². The second kappa shape index (κ2) is 11.7. The molecule has 0 amide bonds. The maximum atomic E-state index is 9.83. The van der Waals surface area contributed by atoms with Crippen molar-refractivity contribution in [1.82, 2.24) is 0 Å². The van der Waals surface area contributed by atoms with Crippen LogP contribution in [-0.2, 0) is 14.5 Å². The van der Waals surface area contributed by atoms with E-state index in [4.69, 9.17) is 23.2 Å². The fourth-order valence-corrected chi connectivity index (χ4v) is 0.519. The minimum atomic E-state index is -1.55. The summed E-state index contributed by atoms with van der Waals surface area (Å²) in [6.07, 6.45) is -1.55. The van der Waals surface area contributed by atoms with Crippen molar-refractivity contribution in [3.63, 3.8) is 0 Å². The average molecular weight is 312 g/mol. The van der Waals surface area contributed by atoms with Gasteiger partial charge in [0.05, 0.1) is 5.34 Å². The Labute approximate surface area is 109 Å². The lowest BCUT2D eigenvalue weighted by Crippen LogP contribution is -2.30. The van der Waals surface area contributed by atoms with Crippen LogP contribution in [0.5, 0.6) is 0 Å². The SMILES string of the molecule is ClCCl.O=[N+]([O-])OCC(CO[N+](=O)[O-])O[N+](=O)[O-]. The van der Waals surface area contributed by atoms with Crippen molar-refractivity contribution < 1.29 is 29.8 Å². The van der Waals surface area contributed by atoms with E-state index in [2.05, 4.69) is 14.5 Å². The summed E-state index contributed by atoms with van der Waals surface area (Å²) in [6, 6.07) is 0. The molecule has 0 saturated heterocycles.